The molecule has 3 aromatic heterocycles. The molecule has 0 spiro atoms. The fourth-order valence-electron chi connectivity index (χ4n) is 3.09. The maximum atomic E-state index is 12.4. The minimum absolute atomic E-state index is 0.0875. The molecule has 0 aliphatic carbocycles. The summed E-state index contributed by atoms with van der Waals surface area (Å²) in [6.45, 7) is 10.7. The van der Waals surface area contributed by atoms with Gasteiger partial charge in [0.05, 0.1) is 24.5 Å². The number of thiazole rings is 1. The summed E-state index contributed by atoms with van der Waals surface area (Å²) in [5.41, 5.74) is 2.92. The van der Waals surface area contributed by atoms with Crippen molar-refractivity contribution >= 4 is 51.4 Å². The van der Waals surface area contributed by atoms with E-state index in [4.69, 9.17) is 4.74 Å². The standard InChI is InChI=1S/C21H25N5O3S3/c1-5-8-26-19(16-11-30-13(4)15(16)6-2)24-25-21(26)32-12-17(27)23-20-22-14(10-31-20)9-18(28)29-7-3/h5,10-11H,1,6-9,12H2,2-4H3,(H,22,23,27). The van der Waals surface area contributed by atoms with E-state index in [0.717, 1.165) is 17.8 Å². The molecule has 170 valence electrons. The van der Waals surface area contributed by atoms with E-state index in [1.54, 1.807) is 29.7 Å². The van der Waals surface area contributed by atoms with Crippen molar-refractivity contribution in [3.63, 3.8) is 0 Å². The SMILES string of the molecule is C=CCn1c(SCC(=O)Nc2nc(CC(=O)OCC)cs2)nnc1-c1csc(C)c1CC. The molecule has 0 atom stereocenters. The fraction of sp³-hybridized carbons (Fsp3) is 0.381. The van der Waals surface area contributed by atoms with E-state index in [1.807, 2.05) is 4.57 Å². The smallest absolute Gasteiger partial charge is 0.311 e. The number of esters is 1. The zero-order valence-corrected chi connectivity index (χ0v) is 20.7. The number of carbonyl (C=O) groups excluding carboxylic acids is 2. The third-order valence-electron chi connectivity index (χ3n) is 4.49. The van der Waals surface area contributed by atoms with Gasteiger partial charge in [-0.2, -0.15) is 0 Å². The molecule has 0 bridgehead atoms. The molecule has 0 saturated heterocycles. The molecule has 1 N–H and O–H groups in total. The highest BCUT2D eigenvalue weighted by Crippen LogP contribution is 2.32. The Balaban J connectivity index is 1.65. The van der Waals surface area contributed by atoms with Gasteiger partial charge in [0.2, 0.25) is 5.91 Å². The van der Waals surface area contributed by atoms with E-state index in [0.29, 0.717) is 29.1 Å². The van der Waals surface area contributed by atoms with Gasteiger partial charge in [-0.3, -0.25) is 14.2 Å². The average molecular weight is 492 g/mol. The van der Waals surface area contributed by atoms with Crippen LogP contribution in [-0.4, -0.2) is 44.0 Å². The van der Waals surface area contributed by atoms with Crippen LogP contribution in [0.25, 0.3) is 11.4 Å². The second-order valence-electron chi connectivity index (χ2n) is 6.71. The number of thiophene rings is 1. The van der Waals surface area contributed by atoms with Gasteiger partial charge in [0.25, 0.3) is 0 Å². The summed E-state index contributed by atoms with van der Waals surface area (Å²) in [6, 6.07) is 0. The van der Waals surface area contributed by atoms with Crippen LogP contribution >= 0.6 is 34.4 Å². The van der Waals surface area contributed by atoms with Crippen molar-refractivity contribution in [1.29, 1.82) is 0 Å². The lowest BCUT2D eigenvalue weighted by Gasteiger charge is -2.08. The van der Waals surface area contributed by atoms with E-state index in [2.05, 4.69) is 46.3 Å². The average Bonchev–Trinajstić information content (AvgIpc) is 3.46. The fourth-order valence-corrected chi connectivity index (χ4v) is 5.50. The normalized spacial score (nSPS) is 10.8. The van der Waals surface area contributed by atoms with Crippen molar-refractivity contribution in [2.45, 2.75) is 45.3 Å². The number of hydrogen-bond donors (Lipinski definition) is 1. The predicted molar refractivity (Wildman–Crippen MR) is 129 cm³/mol. The Bertz CT molecular complexity index is 1100. The highest BCUT2D eigenvalue weighted by molar-refractivity contribution is 7.99. The zero-order valence-electron chi connectivity index (χ0n) is 18.2. The van der Waals surface area contributed by atoms with Gasteiger partial charge in [-0.05, 0) is 25.8 Å². The minimum atomic E-state index is -0.337. The number of nitrogens with zero attached hydrogens (tertiary/aromatic N) is 4. The van der Waals surface area contributed by atoms with Gasteiger partial charge in [-0.25, -0.2) is 4.98 Å². The summed E-state index contributed by atoms with van der Waals surface area (Å²) in [7, 11) is 0. The van der Waals surface area contributed by atoms with Gasteiger partial charge in [0.15, 0.2) is 16.1 Å². The Hall–Kier alpha value is -2.50. The number of allylic oxidation sites excluding steroid dienone is 1. The Morgan fingerprint density at radius 1 is 1.28 bits per heavy atom. The molecular weight excluding hydrogens is 466 g/mol. The summed E-state index contributed by atoms with van der Waals surface area (Å²) >= 11 is 4.28. The highest BCUT2D eigenvalue weighted by atomic mass is 32.2. The second-order valence-corrected chi connectivity index (χ2v) is 9.59. The molecule has 0 aliphatic rings. The first-order chi connectivity index (χ1) is 15.5. The molecule has 0 aromatic carbocycles. The number of nitrogens with one attached hydrogen (secondary N) is 1. The summed E-state index contributed by atoms with van der Waals surface area (Å²) < 4.78 is 6.90. The van der Waals surface area contributed by atoms with E-state index < -0.39 is 0 Å². The Morgan fingerprint density at radius 3 is 2.81 bits per heavy atom. The molecule has 32 heavy (non-hydrogen) atoms. The lowest BCUT2D eigenvalue weighted by molar-refractivity contribution is -0.142. The number of aromatic nitrogens is 4. The molecule has 0 unspecified atom stereocenters. The van der Waals surface area contributed by atoms with Gasteiger partial charge in [-0.1, -0.05) is 24.8 Å². The molecular formula is C21H25N5O3S3. The number of amides is 1. The van der Waals surface area contributed by atoms with Crippen LogP contribution in [-0.2, 0) is 33.7 Å². The van der Waals surface area contributed by atoms with Crippen molar-refractivity contribution in [3.05, 3.63) is 39.5 Å². The molecule has 0 fully saturated rings. The van der Waals surface area contributed by atoms with Crippen LogP contribution in [0.4, 0.5) is 5.13 Å². The molecule has 3 heterocycles. The van der Waals surface area contributed by atoms with Crippen molar-refractivity contribution in [3.8, 4) is 11.4 Å². The van der Waals surface area contributed by atoms with Crippen LogP contribution in [0.3, 0.4) is 0 Å². The van der Waals surface area contributed by atoms with E-state index in [9.17, 15) is 9.59 Å². The molecule has 1 amide bonds. The Kier molecular flexibility index (Phi) is 8.60. The summed E-state index contributed by atoms with van der Waals surface area (Å²) in [5, 5.41) is 16.4. The number of ether oxygens (including phenoxy) is 1. The molecule has 0 radical (unpaired) electrons. The lowest BCUT2D eigenvalue weighted by atomic mass is 10.1. The molecule has 11 heteroatoms. The first-order valence-corrected chi connectivity index (χ1v) is 12.8. The summed E-state index contributed by atoms with van der Waals surface area (Å²) in [4.78, 5) is 29.5. The first kappa shape index (κ1) is 24.1. The Morgan fingerprint density at radius 2 is 2.09 bits per heavy atom. The number of aryl methyl sites for hydroxylation is 1. The Labute approximate surface area is 199 Å². The number of hydrogen-bond acceptors (Lipinski definition) is 9. The summed E-state index contributed by atoms with van der Waals surface area (Å²) in [6.07, 6.45) is 2.80. The highest BCUT2D eigenvalue weighted by Gasteiger charge is 2.19. The third kappa shape index (κ3) is 5.84. The largest absolute Gasteiger partial charge is 0.466 e. The van der Waals surface area contributed by atoms with Gasteiger partial charge in [0.1, 0.15) is 0 Å². The number of carbonyl (C=O) groups is 2. The van der Waals surface area contributed by atoms with Crippen LogP contribution < -0.4 is 5.32 Å². The van der Waals surface area contributed by atoms with Gasteiger partial charge in [0, 0.05) is 27.7 Å². The van der Waals surface area contributed by atoms with Gasteiger partial charge >= 0.3 is 5.97 Å². The van der Waals surface area contributed by atoms with Crippen molar-refractivity contribution in [1.82, 2.24) is 19.7 Å². The maximum absolute atomic E-state index is 12.4. The number of thioether (sulfide) groups is 1. The lowest BCUT2D eigenvalue weighted by Crippen LogP contribution is -2.15. The van der Waals surface area contributed by atoms with Crippen molar-refractivity contribution in [2.24, 2.45) is 0 Å². The van der Waals surface area contributed by atoms with Gasteiger partial charge < -0.3 is 10.1 Å². The topological polar surface area (TPSA) is 99.0 Å². The van der Waals surface area contributed by atoms with Crippen molar-refractivity contribution in [2.75, 3.05) is 17.7 Å². The molecule has 3 rings (SSSR count). The molecule has 8 nitrogen and oxygen atoms in total. The quantitative estimate of drug-likeness (QED) is 0.242. The van der Waals surface area contributed by atoms with Crippen LogP contribution in [0.2, 0.25) is 0 Å². The molecule has 3 aromatic rings. The monoisotopic (exact) mass is 491 g/mol. The van der Waals surface area contributed by atoms with Crippen LogP contribution in [0, 0.1) is 6.92 Å². The molecule has 0 saturated carbocycles. The molecule has 0 aliphatic heterocycles. The second kappa shape index (κ2) is 11.4. The third-order valence-corrected chi connectivity index (χ3v) is 7.21. The van der Waals surface area contributed by atoms with Gasteiger partial charge in [-0.15, -0.1) is 39.4 Å². The first-order valence-electron chi connectivity index (χ1n) is 10.1. The van der Waals surface area contributed by atoms with Crippen LogP contribution in [0.1, 0.15) is 30.0 Å². The maximum Gasteiger partial charge on any atom is 0.311 e. The summed E-state index contributed by atoms with van der Waals surface area (Å²) in [5.74, 6) is 0.404. The van der Waals surface area contributed by atoms with E-state index in [-0.39, 0.29) is 24.1 Å². The van der Waals surface area contributed by atoms with E-state index >= 15 is 0 Å². The number of anilines is 1. The van der Waals surface area contributed by atoms with Crippen LogP contribution in [0.5, 0.6) is 0 Å². The van der Waals surface area contributed by atoms with Crippen LogP contribution in [0.15, 0.2) is 28.6 Å². The minimum Gasteiger partial charge on any atom is -0.466 e. The predicted octanol–water partition coefficient (Wildman–Crippen LogP) is 4.36. The van der Waals surface area contributed by atoms with E-state index in [1.165, 1.54) is 33.5 Å². The zero-order chi connectivity index (χ0) is 23.1. The number of rotatable bonds is 11. The van der Waals surface area contributed by atoms with Crippen molar-refractivity contribution < 1.29 is 14.3 Å².